The predicted molar refractivity (Wildman–Crippen MR) is 68.0 cm³/mol. The van der Waals surface area contributed by atoms with E-state index in [1.807, 2.05) is 6.92 Å². The molecule has 0 aliphatic heterocycles. The zero-order valence-electron chi connectivity index (χ0n) is 10.3. The van der Waals surface area contributed by atoms with Crippen LogP contribution in [0.25, 0.3) is 0 Å². The Morgan fingerprint density at radius 3 is 2.72 bits per heavy atom. The zero-order valence-corrected chi connectivity index (χ0v) is 11.1. The molecule has 0 saturated heterocycles. The average Bonchev–Trinajstić information content (AvgIpc) is 2.26. The second-order valence-corrected chi connectivity index (χ2v) is 6.38. The van der Waals surface area contributed by atoms with Crippen LogP contribution in [-0.2, 0) is 9.84 Å². The molecule has 0 spiro atoms. The molecule has 0 aliphatic carbocycles. The molecule has 18 heavy (non-hydrogen) atoms. The van der Waals surface area contributed by atoms with Gasteiger partial charge in [-0.05, 0) is 13.3 Å². The quantitative estimate of drug-likeness (QED) is 0.741. The average molecular weight is 272 g/mol. The van der Waals surface area contributed by atoms with Crippen molar-refractivity contribution in [2.45, 2.75) is 19.4 Å². The van der Waals surface area contributed by atoms with Gasteiger partial charge in [-0.15, -0.1) is 0 Å². The number of rotatable bonds is 6. The molecule has 100 valence electrons. The Morgan fingerprint density at radius 1 is 1.50 bits per heavy atom. The number of hydrogen-bond acceptors (Lipinski definition) is 6. The van der Waals surface area contributed by atoms with Gasteiger partial charge in [-0.25, -0.2) is 13.4 Å². The normalized spacial score (nSPS) is 13.0. The number of nitrogens with zero attached hydrogens (tertiary/aromatic N) is 2. The number of primary amides is 1. The summed E-state index contributed by atoms with van der Waals surface area (Å²) in [6.07, 6.45) is 4.35. The summed E-state index contributed by atoms with van der Waals surface area (Å²) in [6, 6.07) is -0.0999. The molecule has 8 heteroatoms. The highest BCUT2D eigenvalue weighted by atomic mass is 32.2. The lowest BCUT2D eigenvalue weighted by Crippen LogP contribution is -2.21. The first-order valence-corrected chi connectivity index (χ1v) is 7.40. The number of anilines is 1. The fourth-order valence-electron chi connectivity index (χ4n) is 1.27. The van der Waals surface area contributed by atoms with E-state index in [1.54, 1.807) is 0 Å². The first-order valence-electron chi connectivity index (χ1n) is 5.34. The van der Waals surface area contributed by atoms with Gasteiger partial charge in [0.05, 0.1) is 18.1 Å². The molecule has 7 nitrogen and oxygen atoms in total. The summed E-state index contributed by atoms with van der Waals surface area (Å²) in [5, 5.41) is 2.96. The zero-order chi connectivity index (χ0) is 13.8. The van der Waals surface area contributed by atoms with Gasteiger partial charge in [-0.2, -0.15) is 0 Å². The van der Waals surface area contributed by atoms with Gasteiger partial charge in [0.1, 0.15) is 21.3 Å². The molecule has 1 unspecified atom stereocenters. The maximum absolute atomic E-state index is 11.0. The van der Waals surface area contributed by atoms with Gasteiger partial charge in [0.25, 0.3) is 5.91 Å². The fourth-order valence-corrected chi connectivity index (χ4v) is 2.05. The van der Waals surface area contributed by atoms with Crippen molar-refractivity contribution in [3.05, 3.63) is 18.1 Å². The number of nitrogens with two attached hydrogens (primary N) is 1. The second-order valence-electron chi connectivity index (χ2n) is 4.12. The molecule has 0 radical (unpaired) electrons. The number of sulfone groups is 1. The SMILES string of the molecule is CC(CCS(C)(=O)=O)Nc1cncc(C(N)=O)n1. The van der Waals surface area contributed by atoms with Gasteiger partial charge in [0.2, 0.25) is 0 Å². The van der Waals surface area contributed by atoms with Gasteiger partial charge >= 0.3 is 0 Å². The number of amides is 1. The summed E-state index contributed by atoms with van der Waals surface area (Å²) in [5.74, 6) is -0.174. The highest BCUT2D eigenvalue weighted by molar-refractivity contribution is 7.90. The number of hydrogen-bond donors (Lipinski definition) is 2. The predicted octanol–water partition coefficient (Wildman–Crippen LogP) is -0.189. The van der Waals surface area contributed by atoms with Crippen LogP contribution in [0, 0.1) is 0 Å². The monoisotopic (exact) mass is 272 g/mol. The van der Waals surface area contributed by atoms with E-state index in [-0.39, 0.29) is 17.5 Å². The van der Waals surface area contributed by atoms with Crippen LogP contribution in [0.2, 0.25) is 0 Å². The highest BCUT2D eigenvalue weighted by Gasteiger charge is 2.09. The van der Waals surface area contributed by atoms with E-state index < -0.39 is 15.7 Å². The van der Waals surface area contributed by atoms with Gasteiger partial charge in [0, 0.05) is 12.3 Å². The first-order chi connectivity index (χ1) is 8.28. The molecule has 0 saturated carbocycles. The lowest BCUT2D eigenvalue weighted by atomic mass is 10.2. The van der Waals surface area contributed by atoms with E-state index in [4.69, 9.17) is 5.73 Å². The van der Waals surface area contributed by atoms with Gasteiger partial charge in [0.15, 0.2) is 0 Å². The van der Waals surface area contributed by atoms with Crippen molar-refractivity contribution in [3.8, 4) is 0 Å². The summed E-state index contributed by atoms with van der Waals surface area (Å²) in [4.78, 5) is 18.7. The Balaban J connectivity index is 2.62. The fraction of sp³-hybridized carbons (Fsp3) is 0.500. The van der Waals surface area contributed by atoms with Crippen LogP contribution in [0.5, 0.6) is 0 Å². The lowest BCUT2D eigenvalue weighted by Gasteiger charge is -2.13. The number of carbonyl (C=O) groups excluding carboxylic acids is 1. The molecular weight excluding hydrogens is 256 g/mol. The largest absolute Gasteiger partial charge is 0.366 e. The molecule has 1 heterocycles. The summed E-state index contributed by atoms with van der Waals surface area (Å²) in [6.45, 7) is 1.82. The minimum Gasteiger partial charge on any atom is -0.366 e. The van der Waals surface area contributed by atoms with Crippen LogP contribution >= 0.6 is 0 Å². The summed E-state index contributed by atoms with van der Waals surface area (Å²) >= 11 is 0. The third kappa shape index (κ3) is 5.09. The Labute approximate surface area is 106 Å². The Kier molecular flexibility index (Phi) is 4.60. The van der Waals surface area contributed by atoms with Crippen LogP contribution in [0.15, 0.2) is 12.4 Å². The molecule has 1 aromatic heterocycles. The van der Waals surface area contributed by atoms with Crippen LogP contribution < -0.4 is 11.1 Å². The van der Waals surface area contributed by atoms with Crippen LogP contribution in [-0.4, -0.2) is 42.3 Å². The molecule has 0 bridgehead atoms. The van der Waals surface area contributed by atoms with Crippen molar-refractivity contribution >= 4 is 21.6 Å². The third-order valence-electron chi connectivity index (χ3n) is 2.20. The molecule has 0 aliphatic rings. The molecule has 0 fully saturated rings. The topological polar surface area (TPSA) is 115 Å². The summed E-state index contributed by atoms with van der Waals surface area (Å²) in [5.41, 5.74) is 5.15. The number of nitrogens with one attached hydrogen (secondary N) is 1. The molecule has 1 atom stereocenters. The standard InChI is InChI=1S/C10H16N4O3S/c1-7(3-4-18(2,16)17)13-9-6-12-5-8(14-9)10(11)15/h5-7H,3-4H2,1-2H3,(H2,11,15)(H,13,14). The van der Waals surface area contributed by atoms with E-state index in [2.05, 4.69) is 15.3 Å². The lowest BCUT2D eigenvalue weighted by molar-refractivity contribution is 0.0995. The van der Waals surface area contributed by atoms with Crippen molar-refractivity contribution < 1.29 is 13.2 Å². The van der Waals surface area contributed by atoms with E-state index >= 15 is 0 Å². The highest BCUT2D eigenvalue weighted by Crippen LogP contribution is 2.06. The summed E-state index contributed by atoms with van der Waals surface area (Å²) < 4.78 is 22.0. The maximum atomic E-state index is 11.0. The van der Waals surface area contributed by atoms with E-state index in [0.29, 0.717) is 12.2 Å². The minimum absolute atomic E-state index is 0.0651. The molecule has 1 amide bonds. The van der Waals surface area contributed by atoms with Gasteiger partial charge < -0.3 is 11.1 Å². The molecule has 3 N–H and O–H groups in total. The molecular formula is C10H16N4O3S. The van der Waals surface area contributed by atoms with Crippen molar-refractivity contribution in [2.24, 2.45) is 5.73 Å². The van der Waals surface area contributed by atoms with E-state index in [1.165, 1.54) is 18.6 Å². The number of aromatic nitrogens is 2. The Morgan fingerprint density at radius 2 is 2.17 bits per heavy atom. The summed E-state index contributed by atoms with van der Waals surface area (Å²) in [7, 11) is -2.98. The molecule has 0 aromatic carbocycles. The van der Waals surface area contributed by atoms with Crippen LogP contribution in [0.1, 0.15) is 23.8 Å². The van der Waals surface area contributed by atoms with Gasteiger partial charge in [-0.1, -0.05) is 0 Å². The second kappa shape index (κ2) is 5.76. The molecule has 1 rings (SSSR count). The first kappa shape index (κ1) is 14.4. The van der Waals surface area contributed by atoms with Crippen molar-refractivity contribution in [1.82, 2.24) is 9.97 Å². The smallest absolute Gasteiger partial charge is 0.268 e. The maximum Gasteiger partial charge on any atom is 0.268 e. The van der Waals surface area contributed by atoms with Crippen molar-refractivity contribution in [2.75, 3.05) is 17.3 Å². The van der Waals surface area contributed by atoms with Gasteiger partial charge in [-0.3, -0.25) is 9.78 Å². The molecule has 1 aromatic rings. The van der Waals surface area contributed by atoms with Crippen LogP contribution in [0.3, 0.4) is 0 Å². The van der Waals surface area contributed by atoms with Crippen molar-refractivity contribution in [3.63, 3.8) is 0 Å². The van der Waals surface area contributed by atoms with Crippen molar-refractivity contribution in [1.29, 1.82) is 0 Å². The van der Waals surface area contributed by atoms with E-state index in [9.17, 15) is 13.2 Å². The third-order valence-corrected chi connectivity index (χ3v) is 3.18. The Bertz CT molecular complexity index is 530. The Hall–Kier alpha value is -1.70. The minimum atomic E-state index is -2.98. The van der Waals surface area contributed by atoms with E-state index in [0.717, 1.165) is 0 Å². The van der Waals surface area contributed by atoms with Crippen LogP contribution in [0.4, 0.5) is 5.82 Å². The number of carbonyl (C=O) groups is 1.